The van der Waals surface area contributed by atoms with Gasteiger partial charge in [0.1, 0.15) is 0 Å². The van der Waals surface area contributed by atoms with Crippen molar-refractivity contribution in [3.8, 4) is 0 Å². The fraction of sp³-hybridized carbons (Fsp3) is 0.333. The van der Waals surface area contributed by atoms with Gasteiger partial charge in [-0.3, -0.25) is 0 Å². The van der Waals surface area contributed by atoms with E-state index in [1.165, 1.54) is 22.0 Å². The molecule has 0 aliphatic heterocycles. The lowest BCUT2D eigenvalue weighted by atomic mass is 10.1. The molecule has 3 rings (SSSR count). The van der Waals surface area contributed by atoms with E-state index in [0.717, 1.165) is 43.9 Å². The molecule has 2 N–H and O–H groups in total. The van der Waals surface area contributed by atoms with Gasteiger partial charge < -0.3 is 15.0 Å². The Morgan fingerprint density at radius 2 is 1.76 bits per heavy atom. The zero-order chi connectivity index (χ0) is 17.5. The zero-order valence-corrected chi connectivity index (χ0v) is 15.2. The van der Waals surface area contributed by atoms with E-state index < -0.39 is 0 Å². The molecule has 1 aromatic heterocycles. The maximum atomic E-state index is 8.83. The molecule has 3 nitrogen and oxygen atoms in total. The molecule has 25 heavy (non-hydrogen) atoms. The number of hydrogen-bond donors (Lipinski definition) is 2. The molecule has 0 unspecified atom stereocenters. The molecule has 0 saturated carbocycles. The van der Waals surface area contributed by atoms with Crippen LogP contribution in [0.3, 0.4) is 0 Å². The summed E-state index contributed by atoms with van der Waals surface area (Å²) in [6.45, 7) is 2.98. The predicted molar refractivity (Wildman–Crippen MR) is 105 cm³/mol. The molecule has 2 aromatic carbocycles. The zero-order valence-electron chi connectivity index (χ0n) is 14.4. The summed E-state index contributed by atoms with van der Waals surface area (Å²) < 4.78 is 2.31. The van der Waals surface area contributed by atoms with Crippen LogP contribution in [0.25, 0.3) is 10.9 Å². The summed E-state index contributed by atoms with van der Waals surface area (Å²) in [4.78, 5) is 0. The van der Waals surface area contributed by atoms with Crippen LogP contribution in [0.4, 0.5) is 0 Å². The fourth-order valence-electron chi connectivity index (χ4n) is 3.14. The van der Waals surface area contributed by atoms with Crippen molar-refractivity contribution >= 4 is 22.5 Å². The molecule has 1 heterocycles. The Bertz CT molecular complexity index is 795. The standard InChI is InChI=1S/C21H25ClN2O/c22-19-10-8-17(9-11-19)15-24-16-18(14-23-12-4-1-5-13-25)20-6-2-3-7-21(20)24/h2-3,6-11,16,23,25H,1,4-5,12-15H2. The number of fused-ring (bicyclic) bond motifs is 1. The van der Waals surface area contributed by atoms with Gasteiger partial charge in [-0.25, -0.2) is 0 Å². The summed E-state index contributed by atoms with van der Waals surface area (Å²) in [6, 6.07) is 16.6. The van der Waals surface area contributed by atoms with Gasteiger partial charge in [-0.2, -0.15) is 0 Å². The minimum absolute atomic E-state index is 0.290. The van der Waals surface area contributed by atoms with Crippen LogP contribution in [0.5, 0.6) is 0 Å². The van der Waals surface area contributed by atoms with Gasteiger partial charge in [0.15, 0.2) is 0 Å². The molecule has 0 aliphatic rings. The summed E-state index contributed by atoms with van der Waals surface area (Å²) in [5.41, 5.74) is 3.83. The fourth-order valence-corrected chi connectivity index (χ4v) is 3.27. The number of aliphatic hydroxyl groups is 1. The van der Waals surface area contributed by atoms with Crippen molar-refractivity contribution in [2.45, 2.75) is 32.4 Å². The minimum atomic E-state index is 0.290. The van der Waals surface area contributed by atoms with Crippen molar-refractivity contribution in [2.24, 2.45) is 0 Å². The molecule has 0 atom stereocenters. The Morgan fingerprint density at radius 3 is 2.56 bits per heavy atom. The molecule has 0 fully saturated rings. The third-order valence-electron chi connectivity index (χ3n) is 4.46. The van der Waals surface area contributed by atoms with E-state index in [1.807, 2.05) is 12.1 Å². The molecule has 0 aliphatic carbocycles. The number of rotatable bonds is 9. The van der Waals surface area contributed by atoms with Crippen molar-refractivity contribution in [3.63, 3.8) is 0 Å². The number of para-hydroxylation sites is 1. The van der Waals surface area contributed by atoms with Crippen molar-refractivity contribution < 1.29 is 5.11 Å². The highest BCUT2D eigenvalue weighted by atomic mass is 35.5. The Morgan fingerprint density at radius 1 is 0.960 bits per heavy atom. The molecule has 4 heteroatoms. The molecule has 0 amide bonds. The Hall–Kier alpha value is -1.81. The minimum Gasteiger partial charge on any atom is -0.396 e. The molecule has 0 spiro atoms. The number of halogens is 1. The highest BCUT2D eigenvalue weighted by Crippen LogP contribution is 2.23. The van der Waals surface area contributed by atoms with Crippen LogP contribution in [0.2, 0.25) is 5.02 Å². The Balaban J connectivity index is 1.70. The molecular weight excluding hydrogens is 332 g/mol. The molecular formula is C21H25ClN2O. The normalized spacial score (nSPS) is 11.3. The van der Waals surface area contributed by atoms with E-state index in [4.69, 9.17) is 16.7 Å². The van der Waals surface area contributed by atoms with Gasteiger partial charge in [0.2, 0.25) is 0 Å². The van der Waals surface area contributed by atoms with E-state index in [-0.39, 0.29) is 6.61 Å². The smallest absolute Gasteiger partial charge is 0.0486 e. The highest BCUT2D eigenvalue weighted by Gasteiger charge is 2.08. The number of nitrogens with one attached hydrogen (secondary N) is 1. The number of nitrogens with zero attached hydrogens (tertiary/aromatic N) is 1. The van der Waals surface area contributed by atoms with E-state index in [9.17, 15) is 0 Å². The number of aliphatic hydroxyl groups excluding tert-OH is 1. The first-order chi connectivity index (χ1) is 12.3. The van der Waals surface area contributed by atoms with Crippen LogP contribution < -0.4 is 5.32 Å². The van der Waals surface area contributed by atoms with Gasteiger partial charge in [-0.1, -0.05) is 41.9 Å². The average Bonchev–Trinajstić information content (AvgIpc) is 2.98. The topological polar surface area (TPSA) is 37.2 Å². The second-order valence-corrected chi connectivity index (χ2v) is 6.82. The van der Waals surface area contributed by atoms with Gasteiger partial charge in [-0.05, 0) is 55.1 Å². The van der Waals surface area contributed by atoms with Crippen LogP contribution in [0.1, 0.15) is 30.4 Å². The lowest BCUT2D eigenvalue weighted by Gasteiger charge is -2.05. The van der Waals surface area contributed by atoms with Crippen LogP contribution >= 0.6 is 11.6 Å². The van der Waals surface area contributed by atoms with Crippen LogP contribution in [-0.2, 0) is 13.1 Å². The van der Waals surface area contributed by atoms with E-state index >= 15 is 0 Å². The summed E-state index contributed by atoms with van der Waals surface area (Å²) in [5, 5.41) is 14.4. The van der Waals surface area contributed by atoms with E-state index in [1.54, 1.807) is 0 Å². The van der Waals surface area contributed by atoms with Crippen molar-refractivity contribution in [1.82, 2.24) is 9.88 Å². The number of unbranched alkanes of at least 4 members (excludes halogenated alkanes) is 2. The summed E-state index contributed by atoms with van der Waals surface area (Å²) >= 11 is 5.99. The monoisotopic (exact) mass is 356 g/mol. The predicted octanol–water partition coefficient (Wildman–Crippen LogP) is 4.60. The van der Waals surface area contributed by atoms with Gasteiger partial charge >= 0.3 is 0 Å². The molecule has 0 bridgehead atoms. The maximum absolute atomic E-state index is 8.83. The molecule has 3 aromatic rings. The largest absolute Gasteiger partial charge is 0.396 e. The van der Waals surface area contributed by atoms with Gasteiger partial charge in [0, 0.05) is 41.8 Å². The second kappa shape index (κ2) is 9.04. The Labute approximate surface area is 154 Å². The lowest BCUT2D eigenvalue weighted by Crippen LogP contribution is -2.14. The first kappa shape index (κ1) is 18.0. The summed E-state index contributed by atoms with van der Waals surface area (Å²) in [5.74, 6) is 0. The third-order valence-corrected chi connectivity index (χ3v) is 4.72. The summed E-state index contributed by atoms with van der Waals surface area (Å²) in [6.07, 6.45) is 5.31. The SMILES string of the molecule is OCCCCCNCc1cn(Cc2ccc(Cl)cc2)c2ccccc12. The van der Waals surface area contributed by atoms with E-state index in [0.29, 0.717) is 0 Å². The third kappa shape index (κ3) is 4.85. The maximum Gasteiger partial charge on any atom is 0.0486 e. The van der Waals surface area contributed by atoms with Gasteiger partial charge in [0.05, 0.1) is 0 Å². The van der Waals surface area contributed by atoms with Gasteiger partial charge in [0.25, 0.3) is 0 Å². The van der Waals surface area contributed by atoms with Crippen LogP contribution in [-0.4, -0.2) is 22.8 Å². The van der Waals surface area contributed by atoms with Gasteiger partial charge in [-0.15, -0.1) is 0 Å². The first-order valence-electron chi connectivity index (χ1n) is 8.90. The Kier molecular flexibility index (Phi) is 6.51. The molecule has 132 valence electrons. The second-order valence-electron chi connectivity index (χ2n) is 6.39. The van der Waals surface area contributed by atoms with Crippen LogP contribution in [0.15, 0.2) is 54.7 Å². The molecule has 0 radical (unpaired) electrons. The first-order valence-corrected chi connectivity index (χ1v) is 9.28. The highest BCUT2D eigenvalue weighted by molar-refractivity contribution is 6.30. The quantitative estimate of drug-likeness (QED) is 0.550. The van der Waals surface area contributed by atoms with Crippen LogP contribution in [0, 0.1) is 0 Å². The lowest BCUT2D eigenvalue weighted by molar-refractivity contribution is 0.283. The van der Waals surface area contributed by atoms with Crippen molar-refractivity contribution in [3.05, 3.63) is 70.9 Å². The number of hydrogen-bond acceptors (Lipinski definition) is 2. The van der Waals surface area contributed by atoms with Crippen molar-refractivity contribution in [2.75, 3.05) is 13.2 Å². The summed E-state index contributed by atoms with van der Waals surface area (Å²) in [7, 11) is 0. The number of benzene rings is 2. The van der Waals surface area contributed by atoms with Crippen molar-refractivity contribution in [1.29, 1.82) is 0 Å². The average molecular weight is 357 g/mol. The number of aromatic nitrogens is 1. The van der Waals surface area contributed by atoms with E-state index in [2.05, 4.69) is 52.5 Å². The molecule has 0 saturated heterocycles.